The highest BCUT2D eigenvalue weighted by Crippen LogP contribution is 2.29. The third kappa shape index (κ3) is 3.49. The minimum absolute atomic E-state index is 0.0822. The van der Waals surface area contributed by atoms with Gasteiger partial charge in [-0.15, -0.1) is 0 Å². The van der Waals surface area contributed by atoms with Crippen LogP contribution in [-0.4, -0.2) is 35.9 Å². The summed E-state index contributed by atoms with van der Waals surface area (Å²) in [5.41, 5.74) is 1.48. The van der Waals surface area contributed by atoms with Crippen molar-refractivity contribution in [2.24, 2.45) is 0 Å². The van der Waals surface area contributed by atoms with Gasteiger partial charge in [-0.3, -0.25) is 9.69 Å². The summed E-state index contributed by atoms with van der Waals surface area (Å²) in [6.45, 7) is 0.826. The van der Waals surface area contributed by atoms with Gasteiger partial charge in [-0.2, -0.15) is 0 Å². The average Bonchev–Trinajstić information content (AvgIpc) is 2.73. The molecular formula is C21H20N2O5. The van der Waals surface area contributed by atoms with Crippen molar-refractivity contribution >= 4 is 22.9 Å². The largest absolute Gasteiger partial charge is 0.444 e. The molecule has 2 aromatic carbocycles. The Hall–Kier alpha value is -3.16. The fourth-order valence-corrected chi connectivity index (χ4v) is 3.29. The van der Waals surface area contributed by atoms with Crippen molar-refractivity contribution in [2.75, 3.05) is 24.7 Å². The zero-order valence-electron chi connectivity index (χ0n) is 15.2. The Labute approximate surface area is 161 Å². The van der Waals surface area contributed by atoms with E-state index in [1.54, 1.807) is 29.2 Å². The smallest absolute Gasteiger partial charge is 0.418 e. The summed E-state index contributed by atoms with van der Waals surface area (Å²) in [4.78, 5) is 28.8. The molecule has 7 heteroatoms. The highest BCUT2D eigenvalue weighted by Gasteiger charge is 2.32. The van der Waals surface area contributed by atoms with Crippen LogP contribution in [0.2, 0.25) is 0 Å². The number of ether oxygens (including phenoxy) is 1. The minimum Gasteiger partial charge on any atom is -0.444 e. The molecule has 0 atom stereocenters. The summed E-state index contributed by atoms with van der Waals surface area (Å²) >= 11 is 0. The van der Waals surface area contributed by atoms with Crippen LogP contribution in [0.3, 0.4) is 0 Å². The van der Waals surface area contributed by atoms with Gasteiger partial charge in [0.2, 0.25) is 5.88 Å². The number of fused-ring (bicyclic) bond motifs is 2. The molecule has 0 spiro atoms. The number of carbonyl (C=O) groups is 1. The molecule has 3 aromatic rings. The summed E-state index contributed by atoms with van der Waals surface area (Å²) < 4.78 is 11.4. The first kappa shape index (κ1) is 18.2. The number of hydrogen-bond acceptors (Lipinski definition) is 6. The van der Waals surface area contributed by atoms with Crippen molar-refractivity contribution in [3.8, 4) is 0 Å². The molecule has 144 valence electrons. The molecular weight excluding hydrogens is 360 g/mol. The Morgan fingerprint density at radius 2 is 1.86 bits per heavy atom. The van der Waals surface area contributed by atoms with E-state index in [0.717, 1.165) is 5.56 Å². The highest BCUT2D eigenvalue weighted by molar-refractivity contribution is 5.89. The first-order chi connectivity index (χ1) is 13.7. The number of carbonyl (C=O) groups excluding carboxylic acids is 1. The van der Waals surface area contributed by atoms with Gasteiger partial charge in [0.1, 0.15) is 12.2 Å². The third-order valence-electron chi connectivity index (χ3n) is 4.68. The lowest BCUT2D eigenvalue weighted by Gasteiger charge is -2.34. The second-order valence-electron chi connectivity index (χ2n) is 6.60. The van der Waals surface area contributed by atoms with Crippen molar-refractivity contribution in [3.63, 3.8) is 0 Å². The third-order valence-corrected chi connectivity index (χ3v) is 4.68. The average molecular weight is 380 g/mol. The molecule has 1 aliphatic heterocycles. The fraction of sp³-hybridized carbons (Fsp3) is 0.238. The molecule has 1 N–H and O–H groups in total. The molecule has 7 nitrogen and oxygen atoms in total. The molecule has 0 aliphatic carbocycles. The molecule has 0 unspecified atom stereocenters. The molecule has 1 amide bonds. The lowest BCUT2D eigenvalue weighted by molar-refractivity contribution is 0.130. The predicted molar refractivity (Wildman–Crippen MR) is 104 cm³/mol. The number of benzene rings is 2. The number of nitrogens with zero attached hydrogens (tertiary/aromatic N) is 2. The van der Waals surface area contributed by atoms with Gasteiger partial charge in [0.05, 0.1) is 24.2 Å². The molecule has 2 heterocycles. The van der Waals surface area contributed by atoms with Gasteiger partial charge in [-0.05, 0) is 17.7 Å². The molecule has 0 fully saturated rings. The number of aliphatic hydroxyl groups excluding tert-OH is 1. The summed E-state index contributed by atoms with van der Waals surface area (Å²) in [6, 6.07) is 16.3. The molecule has 0 saturated heterocycles. The maximum Gasteiger partial charge on any atom is 0.418 e. The quantitative estimate of drug-likeness (QED) is 0.749. The van der Waals surface area contributed by atoms with Crippen molar-refractivity contribution in [3.05, 3.63) is 75.9 Å². The second kappa shape index (κ2) is 7.84. The van der Waals surface area contributed by atoms with Gasteiger partial charge in [0, 0.05) is 13.1 Å². The van der Waals surface area contributed by atoms with Gasteiger partial charge in [0.25, 0.3) is 0 Å². The van der Waals surface area contributed by atoms with E-state index in [1.807, 2.05) is 30.3 Å². The Morgan fingerprint density at radius 1 is 1.11 bits per heavy atom. The standard InChI is InChI=1S/C21H20N2O5/c24-11-10-22-12-17-19(25)16-8-4-5-9-18(16)28-20(17)23(14-22)21(26)27-13-15-6-2-1-3-7-15/h1-9,24H,10-14H2. The number of para-hydroxylation sites is 1. The number of aliphatic hydroxyl groups is 1. The zero-order chi connectivity index (χ0) is 19.5. The molecule has 0 bridgehead atoms. The molecule has 28 heavy (non-hydrogen) atoms. The van der Waals surface area contributed by atoms with E-state index >= 15 is 0 Å². The maximum absolute atomic E-state index is 12.9. The van der Waals surface area contributed by atoms with Crippen LogP contribution < -0.4 is 10.3 Å². The van der Waals surface area contributed by atoms with E-state index in [-0.39, 0.29) is 31.2 Å². The highest BCUT2D eigenvalue weighted by atomic mass is 16.6. The number of rotatable bonds is 4. The number of anilines is 1. The van der Waals surface area contributed by atoms with Crippen LogP contribution in [0.1, 0.15) is 11.1 Å². The Kier molecular flexibility index (Phi) is 5.10. The summed E-state index contributed by atoms with van der Waals surface area (Å²) in [5, 5.41) is 9.77. The molecule has 1 aliphatic rings. The fourth-order valence-electron chi connectivity index (χ4n) is 3.29. The van der Waals surface area contributed by atoms with Crippen molar-refractivity contribution in [1.29, 1.82) is 0 Å². The SMILES string of the molecule is O=C(OCc1ccccc1)N1CN(CCO)Cc2c1oc1ccccc1c2=O. The Balaban J connectivity index is 1.68. The Morgan fingerprint density at radius 3 is 2.64 bits per heavy atom. The summed E-state index contributed by atoms with van der Waals surface area (Å²) in [6.07, 6.45) is -0.605. The topological polar surface area (TPSA) is 83.2 Å². The van der Waals surface area contributed by atoms with Gasteiger partial charge in [-0.1, -0.05) is 42.5 Å². The molecule has 1 aromatic heterocycles. The molecule has 0 saturated carbocycles. The van der Waals surface area contributed by atoms with Crippen LogP contribution in [-0.2, 0) is 17.9 Å². The van der Waals surface area contributed by atoms with E-state index in [2.05, 4.69) is 0 Å². The maximum atomic E-state index is 12.9. The van der Waals surface area contributed by atoms with Gasteiger partial charge < -0.3 is 14.3 Å². The van der Waals surface area contributed by atoms with E-state index in [0.29, 0.717) is 29.6 Å². The van der Waals surface area contributed by atoms with E-state index in [4.69, 9.17) is 9.15 Å². The van der Waals surface area contributed by atoms with Crippen LogP contribution >= 0.6 is 0 Å². The first-order valence-corrected chi connectivity index (χ1v) is 9.03. The molecule has 4 rings (SSSR count). The Bertz CT molecular complexity index is 1050. The first-order valence-electron chi connectivity index (χ1n) is 9.03. The monoisotopic (exact) mass is 380 g/mol. The normalized spacial score (nSPS) is 14.1. The molecule has 0 radical (unpaired) electrons. The number of hydrogen-bond donors (Lipinski definition) is 1. The van der Waals surface area contributed by atoms with Crippen molar-refractivity contribution < 1.29 is 19.1 Å². The van der Waals surface area contributed by atoms with Gasteiger partial charge in [-0.25, -0.2) is 9.69 Å². The van der Waals surface area contributed by atoms with Crippen LogP contribution in [0.4, 0.5) is 10.7 Å². The lowest BCUT2D eigenvalue weighted by Crippen LogP contribution is -2.48. The lowest BCUT2D eigenvalue weighted by atomic mass is 10.1. The number of amides is 1. The number of β-amino-alcohol motifs (C(OH)–C–C–N with tert-alkyl or cyclic N) is 1. The zero-order valence-corrected chi connectivity index (χ0v) is 15.2. The van der Waals surface area contributed by atoms with Crippen LogP contribution in [0.5, 0.6) is 0 Å². The van der Waals surface area contributed by atoms with E-state index in [9.17, 15) is 14.7 Å². The van der Waals surface area contributed by atoms with E-state index in [1.165, 1.54) is 4.90 Å². The summed E-state index contributed by atoms with van der Waals surface area (Å²) in [7, 11) is 0. The van der Waals surface area contributed by atoms with Crippen molar-refractivity contribution in [2.45, 2.75) is 13.2 Å². The van der Waals surface area contributed by atoms with Crippen LogP contribution in [0, 0.1) is 0 Å². The van der Waals surface area contributed by atoms with Crippen LogP contribution in [0.25, 0.3) is 11.0 Å². The van der Waals surface area contributed by atoms with Gasteiger partial charge >= 0.3 is 6.09 Å². The second-order valence-corrected chi connectivity index (χ2v) is 6.60. The van der Waals surface area contributed by atoms with Crippen molar-refractivity contribution in [1.82, 2.24) is 4.90 Å². The van der Waals surface area contributed by atoms with Crippen LogP contribution in [0.15, 0.2) is 63.8 Å². The minimum atomic E-state index is -0.605. The summed E-state index contributed by atoms with van der Waals surface area (Å²) in [5.74, 6) is 0.205. The predicted octanol–water partition coefficient (Wildman–Crippen LogP) is 2.70. The van der Waals surface area contributed by atoms with Gasteiger partial charge in [0.15, 0.2) is 5.43 Å². The van der Waals surface area contributed by atoms with E-state index < -0.39 is 6.09 Å².